The summed E-state index contributed by atoms with van der Waals surface area (Å²) in [6.45, 7) is 2.61. The summed E-state index contributed by atoms with van der Waals surface area (Å²) in [6.07, 6.45) is 3.55. The lowest BCUT2D eigenvalue weighted by Gasteiger charge is -2.11. The number of rotatable bonds is 9. The van der Waals surface area contributed by atoms with Gasteiger partial charge in [0.15, 0.2) is 11.5 Å². The maximum Gasteiger partial charge on any atom is 0.259 e. The summed E-state index contributed by atoms with van der Waals surface area (Å²) < 4.78 is 16.4. The molecule has 0 aliphatic carbocycles. The maximum absolute atomic E-state index is 12.3. The molecule has 0 radical (unpaired) electrons. The normalized spacial score (nSPS) is 12.2. The number of benzene rings is 3. The van der Waals surface area contributed by atoms with Crippen LogP contribution in [0.2, 0.25) is 0 Å². The molecule has 1 aliphatic heterocycles. The van der Waals surface area contributed by atoms with E-state index >= 15 is 0 Å². The van der Waals surface area contributed by atoms with Crippen LogP contribution in [-0.4, -0.2) is 38.0 Å². The van der Waals surface area contributed by atoms with E-state index in [-0.39, 0.29) is 13.3 Å². The summed E-state index contributed by atoms with van der Waals surface area (Å²) >= 11 is 0. The first-order valence-electron chi connectivity index (χ1n) is 10.8. The second kappa shape index (κ2) is 10.5. The minimum Gasteiger partial charge on any atom is -0.493 e. The number of unbranched alkanes of at least 4 members (excludes halogenated alkanes) is 1. The van der Waals surface area contributed by atoms with E-state index in [1.165, 1.54) is 0 Å². The van der Waals surface area contributed by atoms with Gasteiger partial charge in [-0.3, -0.25) is 9.59 Å². The zero-order chi connectivity index (χ0) is 23.0. The van der Waals surface area contributed by atoms with E-state index in [4.69, 9.17) is 14.2 Å². The van der Waals surface area contributed by atoms with E-state index in [9.17, 15) is 9.59 Å². The van der Waals surface area contributed by atoms with Gasteiger partial charge in [-0.25, -0.2) is 5.43 Å². The van der Waals surface area contributed by atoms with Gasteiger partial charge in [-0.1, -0.05) is 43.7 Å². The number of carbonyl (C=O) groups excluding carboxylic acids is 2. The van der Waals surface area contributed by atoms with Crippen LogP contribution in [0.3, 0.4) is 0 Å². The van der Waals surface area contributed by atoms with Crippen molar-refractivity contribution in [2.45, 2.75) is 19.8 Å². The van der Waals surface area contributed by atoms with Crippen LogP contribution < -0.4 is 25.0 Å². The van der Waals surface area contributed by atoms with Gasteiger partial charge < -0.3 is 19.5 Å². The Balaban J connectivity index is 1.37. The van der Waals surface area contributed by atoms with Crippen LogP contribution in [0, 0.1) is 0 Å². The zero-order valence-electron chi connectivity index (χ0n) is 18.3. The highest BCUT2D eigenvalue weighted by atomic mass is 16.7. The van der Waals surface area contributed by atoms with Crippen LogP contribution in [0.25, 0.3) is 10.8 Å². The fourth-order valence-corrected chi connectivity index (χ4v) is 3.37. The Morgan fingerprint density at radius 1 is 1.09 bits per heavy atom. The molecule has 0 aromatic heterocycles. The van der Waals surface area contributed by atoms with Gasteiger partial charge in [0.25, 0.3) is 11.8 Å². The second-order valence-corrected chi connectivity index (χ2v) is 7.44. The molecule has 1 heterocycles. The summed E-state index contributed by atoms with van der Waals surface area (Å²) in [5.41, 5.74) is 3.62. The van der Waals surface area contributed by atoms with Crippen molar-refractivity contribution in [3.8, 4) is 17.2 Å². The number of carbonyl (C=O) groups is 2. The first kappa shape index (κ1) is 22.1. The minimum atomic E-state index is -0.450. The van der Waals surface area contributed by atoms with Gasteiger partial charge in [0.05, 0.1) is 19.4 Å². The Bertz CT molecular complexity index is 1190. The van der Waals surface area contributed by atoms with Gasteiger partial charge in [0.1, 0.15) is 5.75 Å². The van der Waals surface area contributed by atoms with Crippen LogP contribution in [0.4, 0.5) is 0 Å². The number of ether oxygens (including phenoxy) is 3. The highest BCUT2D eigenvalue weighted by Gasteiger charge is 2.16. The van der Waals surface area contributed by atoms with Crippen molar-refractivity contribution in [3.63, 3.8) is 0 Å². The molecule has 1 aliphatic rings. The summed E-state index contributed by atoms with van der Waals surface area (Å²) in [5, 5.41) is 8.67. The molecule has 2 N–H and O–H groups in total. The van der Waals surface area contributed by atoms with Crippen molar-refractivity contribution in [2.24, 2.45) is 5.10 Å². The van der Waals surface area contributed by atoms with Gasteiger partial charge in [-0.05, 0) is 41.5 Å². The largest absolute Gasteiger partial charge is 0.493 e. The highest BCUT2D eigenvalue weighted by Crippen LogP contribution is 2.32. The molecule has 33 heavy (non-hydrogen) atoms. The lowest BCUT2D eigenvalue weighted by atomic mass is 10.0. The SMILES string of the molecule is CCCCOc1ccc2ccccc2c1C=NNC(=O)CNC(=O)c1ccc2c(c1)OCO2. The Hall–Kier alpha value is -4.07. The van der Waals surface area contributed by atoms with Crippen LogP contribution in [0.5, 0.6) is 17.2 Å². The average molecular weight is 447 g/mol. The number of nitrogens with one attached hydrogen (secondary N) is 2. The summed E-state index contributed by atoms with van der Waals surface area (Å²) in [7, 11) is 0. The van der Waals surface area contributed by atoms with E-state index in [0.717, 1.165) is 29.2 Å². The predicted molar refractivity (Wildman–Crippen MR) is 125 cm³/mol. The van der Waals surface area contributed by atoms with Gasteiger partial charge in [0, 0.05) is 11.1 Å². The Morgan fingerprint density at radius 3 is 2.82 bits per heavy atom. The highest BCUT2D eigenvalue weighted by molar-refractivity contribution is 6.03. The van der Waals surface area contributed by atoms with Gasteiger partial charge in [-0.2, -0.15) is 5.10 Å². The molecule has 8 heteroatoms. The van der Waals surface area contributed by atoms with Crippen LogP contribution in [0.15, 0.2) is 59.7 Å². The molecule has 0 spiro atoms. The van der Waals surface area contributed by atoms with E-state index in [1.807, 2.05) is 36.4 Å². The molecule has 170 valence electrons. The molecular weight excluding hydrogens is 422 g/mol. The molecule has 0 saturated heterocycles. The topological polar surface area (TPSA) is 98.2 Å². The van der Waals surface area contributed by atoms with Gasteiger partial charge >= 0.3 is 0 Å². The van der Waals surface area contributed by atoms with Crippen LogP contribution in [0.1, 0.15) is 35.7 Å². The molecule has 0 atom stereocenters. The standard InChI is InChI=1S/C25H25N3O5/c1-2-3-12-31-21-10-8-17-6-4-5-7-19(17)20(21)14-27-28-24(29)15-26-25(30)18-9-11-22-23(13-18)33-16-32-22/h4-11,13-14H,2-3,12,15-16H2,1H3,(H,26,30)(H,28,29). The van der Waals surface area contributed by atoms with Crippen molar-refractivity contribution >= 4 is 28.8 Å². The number of hydrazone groups is 1. The zero-order valence-corrected chi connectivity index (χ0v) is 18.3. The lowest BCUT2D eigenvalue weighted by molar-refractivity contribution is -0.120. The van der Waals surface area contributed by atoms with Gasteiger partial charge in [0.2, 0.25) is 6.79 Å². The summed E-state index contributed by atoms with van der Waals surface area (Å²) in [4.78, 5) is 24.5. The monoisotopic (exact) mass is 447 g/mol. The van der Waals surface area contributed by atoms with Crippen molar-refractivity contribution < 1.29 is 23.8 Å². The van der Waals surface area contributed by atoms with E-state index < -0.39 is 11.8 Å². The Kier molecular flexibility index (Phi) is 7.04. The second-order valence-electron chi connectivity index (χ2n) is 7.44. The molecule has 0 bridgehead atoms. The van der Waals surface area contributed by atoms with E-state index in [1.54, 1.807) is 24.4 Å². The molecule has 0 unspecified atom stereocenters. The average Bonchev–Trinajstić information content (AvgIpc) is 3.31. The Morgan fingerprint density at radius 2 is 1.94 bits per heavy atom. The Labute approximate surface area is 191 Å². The summed E-state index contributed by atoms with van der Waals surface area (Å²) in [5.74, 6) is 0.951. The molecule has 0 saturated carbocycles. The molecule has 8 nitrogen and oxygen atoms in total. The van der Waals surface area contributed by atoms with Crippen LogP contribution >= 0.6 is 0 Å². The van der Waals surface area contributed by atoms with Gasteiger partial charge in [-0.15, -0.1) is 0 Å². The van der Waals surface area contributed by atoms with E-state index in [2.05, 4.69) is 22.8 Å². The minimum absolute atomic E-state index is 0.128. The number of amides is 2. The first-order chi connectivity index (χ1) is 16.2. The smallest absolute Gasteiger partial charge is 0.259 e. The molecule has 4 rings (SSSR count). The van der Waals surface area contributed by atoms with Crippen molar-refractivity contribution in [3.05, 3.63) is 65.7 Å². The van der Waals surface area contributed by atoms with Crippen molar-refractivity contribution in [1.29, 1.82) is 0 Å². The quantitative estimate of drug-likeness (QED) is 0.297. The molecular formula is C25H25N3O5. The molecule has 2 amide bonds. The number of fused-ring (bicyclic) bond motifs is 2. The first-order valence-corrected chi connectivity index (χ1v) is 10.8. The number of nitrogens with zero attached hydrogens (tertiary/aromatic N) is 1. The predicted octanol–water partition coefficient (Wildman–Crippen LogP) is 3.63. The molecule has 3 aromatic carbocycles. The number of hydrogen-bond donors (Lipinski definition) is 2. The third-order valence-corrected chi connectivity index (χ3v) is 5.11. The third kappa shape index (κ3) is 5.41. The fraction of sp³-hybridized carbons (Fsp3) is 0.240. The molecule has 0 fully saturated rings. The van der Waals surface area contributed by atoms with E-state index in [0.29, 0.717) is 29.4 Å². The number of hydrogen-bond acceptors (Lipinski definition) is 6. The van der Waals surface area contributed by atoms with Crippen molar-refractivity contribution in [2.75, 3.05) is 19.9 Å². The van der Waals surface area contributed by atoms with Crippen LogP contribution in [-0.2, 0) is 4.79 Å². The fourth-order valence-electron chi connectivity index (χ4n) is 3.37. The van der Waals surface area contributed by atoms with Crippen molar-refractivity contribution in [1.82, 2.24) is 10.7 Å². The maximum atomic E-state index is 12.3. The lowest BCUT2D eigenvalue weighted by Crippen LogP contribution is -2.34. The third-order valence-electron chi connectivity index (χ3n) is 5.11. The molecule has 3 aromatic rings. The summed E-state index contributed by atoms with van der Waals surface area (Å²) in [6, 6.07) is 16.7.